The van der Waals surface area contributed by atoms with Crippen molar-refractivity contribution in [2.24, 2.45) is 5.16 Å². The van der Waals surface area contributed by atoms with Crippen molar-refractivity contribution in [2.45, 2.75) is 0 Å². The maximum absolute atomic E-state index is 4.88. The molecule has 0 aliphatic heterocycles. The van der Waals surface area contributed by atoms with Gasteiger partial charge in [-0.1, -0.05) is 33.2 Å². The summed E-state index contributed by atoms with van der Waals surface area (Å²) >= 11 is 8.20. The summed E-state index contributed by atoms with van der Waals surface area (Å²) in [7, 11) is 0. The van der Waals surface area contributed by atoms with Gasteiger partial charge in [0.05, 0.1) is 6.21 Å². The Balaban J connectivity index is 2.79. The molecule has 0 atom stereocenters. The van der Waals surface area contributed by atoms with Crippen LogP contribution in [0, 0.1) is 0 Å². The normalized spacial score (nSPS) is 10.4. The molecule has 0 aromatic heterocycles. The average Bonchev–Trinajstić information content (AvgIpc) is 2.01. The lowest BCUT2D eigenvalue weighted by Crippen LogP contribution is -1.79. The van der Waals surface area contributed by atoms with E-state index in [4.69, 9.17) is 11.9 Å². The molecule has 0 saturated carbocycles. The van der Waals surface area contributed by atoms with E-state index in [0.29, 0.717) is 0 Å². The summed E-state index contributed by atoms with van der Waals surface area (Å²) in [4.78, 5) is 0. The Morgan fingerprint density at radius 3 is 3.00 bits per heavy atom. The van der Waals surface area contributed by atoms with Crippen molar-refractivity contribution in [2.75, 3.05) is 0 Å². The lowest BCUT2D eigenvalue weighted by molar-refractivity contribution is 0.383. The van der Waals surface area contributed by atoms with Crippen LogP contribution < -0.4 is 0 Å². The molecule has 0 fully saturated rings. The second-order valence-corrected chi connectivity index (χ2v) is 2.91. The first kappa shape index (κ1) is 8.56. The van der Waals surface area contributed by atoms with E-state index in [1.54, 1.807) is 0 Å². The first-order valence-corrected chi connectivity index (χ1v) is 4.00. The highest BCUT2D eigenvalue weighted by molar-refractivity contribution is 9.10. The summed E-state index contributed by atoms with van der Waals surface area (Å²) in [5.74, 6) is 0. The standard InChI is InChI=1S/C7H5BrClNO/c8-7-3-1-2-6(4-7)5-10-11-9/h1-5H. The second-order valence-electron chi connectivity index (χ2n) is 1.86. The van der Waals surface area contributed by atoms with Gasteiger partial charge in [0.25, 0.3) is 0 Å². The van der Waals surface area contributed by atoms with Gasteiger partial charge in [-0.2, -0.15) is 0 Å². The summed E-state index contributed by atoms with van der Waals surface area (Å²) in [6.07, 6.45) is 1.53. The summed E-state index contributed by atoms with van der Waals surface area (Å²) in [6, 6.07) is 7.63. The lowest BCUT2D eigenvalue weighted by Gasteiger charge is -1.91. The van der Waals surface area contributed by atoms with Crippen LogP contribution >= 0.6 is 27.8 Å². The molecule has 4 heteroatoms. The minimum atomic E-state index is 0.931. The lowest BCUT2D eigenvalue weighted by atomic mass is 10.2. The highest BCUT2D eigenvalue weighted by atomic mass is 79.9. The van der Waals surface area contributed by atoms with E-state index < -0.39 is 0 Å². The maximum Gasteiger partial charge on any atom is 0.167 e. The fourth-order valence-corrected chi connectivity index (χ4v) is 1.12. The van der Waals surface area contributed by atoms with Gasteiger partial charge in [0.2, 0.25) is 0 Å². The van der Waals surface area contributed by atoms with Crippen LogP contribution in [0.2, 0.25) is 0 Å². The molecule has 0 aliphatic rings. The highest BCUT2D eigenvalue weighted by Crippen LogP contribution is 2.09. The minimum Gasteiger partial charge on any atom is -0.277 e. The van der Waals surface area contributed by atoms with Crippen molar-refractivity contribution >= 4 is 34.0 Å². The molecule has 2 nitrogen and oxygen atoms in total. The molecule has 58 valence electrons. The molecular formula is C7H5BrClNO. The molecule has 0 N–H and O–H groups in total. The Labute approximate surface area is 78.1 Å². The first-order valence-electron chi connectivity index (χ1n) is 2.89. The van der Waals surface area contributed by atoms with Crippen molar-refractivity contribution in [3.63, 3.8) is 0 Å². The zero-order chi connectivity index (χ0) is 8.10. The van der Waals surface area contributed by atoms with Gasteiger partial charge in [-0.15, -0.1) is 0 Å². The molecule has 11 heavy (non-hydrogen) atoms. The van der Waals surface area contributed by atoms with Crippen molar-refractivity contribution in [3.05, 3.63) is 34.3 Å². The third kappa shape index (κ3) is 2.91. The average molecular weight is 234 g/mol. The van der Waals surface area contributed by atoms with E-state index in [0.717, 1.165) is 10.0 Å². The molecule has 0 amide bonds. The fourth-order valence-electron chi connectivity index (χ4n) is 0.668. The number of benzene rings is 1. The quantitative estimate of drug-likeness (QED) is 0.569. The van der Waals surface area contributed by atoms with Gasteiger partial charge in [-0.25, -0.2) is 0 Å². The molecule has 0 heterocycles. The van der Waals surface area contributed by atoms with Crippen molar-refractivity contribution < 1.29 is 4.39 Å². The van der Waals surface area contributed by atoms with E-state index >= 15 is 0 Å². The van der Waals surface area contributed by atoms with Gasteiger partial charge >= 0.3 is 0 Å². The third-order valence-corrected chi connectivity index (χ3v) is 1.66. The van der Waals surface area contributed by atoms with Crippen LogP contribution in [0.1, 0.15) is 5.56 Å². The van der Waals surface area contributed by atoms with Crippen LogP contribution in [-0.2, 0) is 4.39 Å². The molecular weight excluding hydrogens is 229 g/mol. The Bertz CT molecular complexity index is 264. The summed E-state index contributed by atoms with van der Waals surface area (Å²) in [5.41, 5.74) is 0.931. The van der Waals surface area contributed by atoms with Crippen LogP contribution in [0.5, 0.6) is 0 Å². The predicted molar refractivity (Wildman–Crippen MR) is 48.7 cm³/mol. The molecule has 0 radical (unpaired) electrons. The second kappa shape index (κ2) is 4.36. The summed E-state index contributed by atoms with van der Waals surface area (Å²) < 4.78 is 5.01. The zero-order valence-corrected chi connectivity index (χ0v) is 7.84. The highest BCUT2D eigenvalue weighted by Gasteiger charge is 1.88. The van der Waals surface area contributed by atoms with E-state index in [2.05, 4.69) is 25.5 Å². The van der Waals surface area contributed by atoms with Gasteiger partial charge in [0.1, 0.15) is 0 Å². The van der Waals surface area contributed by atoms with E-state index in [1.807, 2.05) is 24.3 Å². The van der Waals surface area contributed by atoms with E-state index in [-0.39, 0.29) is 0 Å². The zero-order valence-electron chi connectivity index (χ0n) is 5.50. The molecule has 0 spiro atoms. The van der Waals surface area contributed by atoms with Crippen LogP contribution in [0.4, 0.5) is 0 Å². The SMILES string of the molecule is ClON=Cc1cccc(Br)c1. The van der Waals surface area contributed by atoms with Gasteiger partial charge in [0, 0.05) is 4.47 Å². The van der Waals surface area contributed by atoms with Crippen LogP contribution in [0.3, 0.4) is 0 Å². The number of hydrogen-bond donors (Lipinski definition) is 0. The van der Waals surface area contributed by atoms with E-state index in [1.165, 1.54) is 6.21 Å². The number of nitrogens with zero attached hydrogens (tertiary/aromatic N) is 1. The fraction of sp³-hybridized carbons (Fsp3) is 0. The predicted octanol–water partition coefficient (Wildman–Crippen LogP) is 2.95. The molecule has 0 aliphatic carbocycles. The molecule has 1 aromatic rings. The van der Waals surface area contributed by atoms with E-state index in [9.17, 15) is 0 Å². The Kier molecular flexibility index (Phi) is 3.39. The summed E-state index contributed by atoms with van der Waals surface area (Å²) in [6.45, 7) is 0. The van der Waals surface area contributed by atoms with Crippen molar-refractivity contribution in [3.8, 4) is 0 Å². The molecule has 1 aromatic carbocycles. The number of oxime groups is 1. The topological polar surface area (TPSA) is 21.6 Å². The number of hydrogen-bond acceptors (Lipinski definition) is 2. The Morgan fingerprint density at radius 2 is 2.36 bits per heavy atom. The Morgan fingerprint density at radius 1 is 1.55 bits per heavy atom. The number of rotatable bonds is 2. The molecule has 0 unspecified atom stereocenters. The van der Waals surface area contributed by atoms with Crippen molar-refractivity contribution in [1.29, 1.82) is 0 Å². The Hall–Kier alpha value is -0.540. The number of halogens is 2. The molecule has 0 saturated heterocycles. The van der Waals surface area contributed by atoms with Crippen LogP contribution in [-0.4, -0.2) is 6.21 Å². The van der Waals surface area contributed by atoms with Crippen LogP contribution in [0.25, 0.3) is 0 Å². The van der Waals surface area contributed by atoms with Crippen molar-refractivity contribution in [1.82, 2.24) is 0 Å². The monoisotopic (exact) mass is 233 g/mol. The third-order valence-electron chi connectivity index (χ3n) is 1.09. The van der Waals surface area contributed by atoms with Gasteiger partial charge < -0.3 is 0 Å². The smallest absolute Gasteiger partial charge is 0.167 e. The summed E-state index contributed by atoms with van der Waals surface area (Å²) in [5, 5.41) is 3.40. The van der Waals surface area contributed by atoms with Crippen LogP contribution in [0.15, 0.2) is 33.9 Å². The molecule has 0 bridgehead atoms. The van der Waals surface area contributed by atoms with Gasteiger partial charge in [-0.05, 0) is 17.7 Å². The molecule has 1 rings (SSSR count). The minimum absolute atomic E-state index is 0.931. The maximum atomic E-state index is 4.88. The largest absolute Gasteiger partial charge is 0.277 e. The van der Waals surface area contributed by atoms with Gasteiger partial charge in [0.15, 0.2) is 11.9 Å². The van der Waals surface area contributed by atoms with Gasteiger partial charge in [-0.3, -0.25) is 4.39 Å². The first-order chi connectivity index (χ1) is 5.33.